The van der Waals surface area contributed by atoms with Gasteiger partial charge in [-0.1, -0.05) is 218 Å². The molecule has 0 fully saturated rings. The van der Waals surface area contributed by atoms with Crippen LogP contribution in [0, 0.1) is 0 Å². The number of para-hydroxylation sites is 6. The maximum atomic E-state index is 10.1. The summed E-state index contributed by atoms with van der Waals surface area (Å²) in [4.78, 5) is 4.03. The molecule has 2 aliphatic heterocycles. The van der Waals surface area contributed by atoms with Crippen LogP contribution in [0.15, 0.2) is 318 Å². The van der Waals surface area contributed by atoms with Crippen molar-refractivity contribution in [2.45, 2.75) is 0 Å². The Hall–Kier alpha value is -12.1. The molecule has 0 atom stereocenters. The number of fused-ring (bicyclic) bond motifs is 16. The highest BCUT2D eigenvalue weighted by molar-refractivity contribution is 7.00. The topological polar surface area (TPSA) is 42.6 Å². The van der Waals surface area contributed by atoms with Crippen molar-refractivity contribution in [3.05, 3.63) is 309 Å². The second-order valence-electron chi connectivity index (χ2n) is 22.7. The minimum Gasteiger partial charge on any atom is -0.456 e. The monoisotopic (exact) mass is 1180 g/mol. The minimum absolute atomic E-state index is 0.0785. The molecule has 14 aromatic carbocycles. The lowest BCUT2D eigenvalue weighted by Crippen LogP contribution is -2.61. The smallest absolute Gasteiger partial charge is 0.252 e. The second kappa shape index (κ2) is 19.2. The van der Waals surface area contributed by atoms with Gasteiger partial charge in [0.05, 0.1) is 78.7 Å². The van der Waals surface area contributed by atoms with Crippen LogP contribution in [0.5, 0.6) is 0 Å². The van der Waals surface area contributed by atoms with Gasteiger partial charge in [0, 0.05) is 66.3 Å². The van der Waals surface area contributed by atoms with Crippen molar-refractivity contribution in [2.75, 3.05) is 9.80 Å². The van der Waals surface area contributed by atoms with Gasteiger partial charge in [-0.25, -0.2) is 0 Å². The Labute approximate surface area is 553 Å². The van der Waals surface area contributed by atoms with Crippen molar-refractivity contribution in [3.63, 3.8) is 0 Å². The predicted octanol–water partition coefficient (Wildman–Crippen LogP) is 20.8. The van der Waals surface area contributed by atoms with E-state index < -0.39 is 134 Å². The first kappa shape index (κ1) is 33.9. The highest BCUT2D eigenvalue weighted by Gasteiger charge is 2.46. The molecule has 0 aliphatic carbocycles. The van der Waals surface area contributed by atoms with Crippen molar-refractivity contribution in [2.24, 2.45) is 0 Å². The van der Waals surface area contributed by atoms with E-state index in [4.69, 9.17) is 15.7 Å². The highest BCUT2D eigenvalue weighted by atomic mass is 16.3. The lowest BCUT2D eigenvalue weighted by Gasteiger charge is -2.45. The van der Waals surface area contributed by atoms with Gasteiger partial charge in [0.15, 0.2) is 0 Å². The molecule has 20 rings (SSSR count). The Kier molecular flexibility index (Phi) is 7.16. The highest BCUT2D eigenvalue weighted by Crippen LogP contribution is 2.54. The molecule has 91 heavy (non-hydrogen) atoms. The van der Waals surface area contributed by atoms with Crippen LogP contribution >= 0.6 is 0 Å². The fourth-order valence-corrected chi connectivity index (χ4v) is 14.3. The minimum atomic E-state index is -0.991. The average molecular weight is 1180 g/mol. The first-order chi connectivity index (χ1) is 53.9. The van der Waals surface area contributed by atoms with Gasteiger partial charge < -0.3 is 27.8 Å². The molecule has 0 saturated heterocycles. The van der Waals surface area contributed by atoms with Gasteiger partial charge in [-0.3, -0.25) is 0 Å². The quantitative estimate of drug-likeness (QED) is 0.149. The number of aromatic nitrogens is 2. The van der Waals surface area contributed by atoms with E-state index in [9.17, 15) is 21.9 Å². The summed E-state index contributed by atoms with van der Waals surface area (Å²) in [5, 5.41) is 1.73. The third-order valence-corrected chi connectivity index (χ3v) is 18.0. The van der Waals surface area contributed by atoms with Gasteiger partial charge >= 0.3 is 0 Å². The van der Waals surface area contributed by atoms with Gasteiger partial charge in [0.2, 0.25) is 0 Å². The number of benzene rings is 14. The Bertz CT molecular complexity index is 7200. The molecule has 18 aromatic rings. The van der Waals surface area contributed by atoms with Gasteiger partial charge in [0.25, 0.3) is 6.71 Å². The molecular weight excluding hydrogens is 1110 g/mol. The summed E-state index contributed by atoms with van der Waals surface area (Å²) >= 11 is 0. The molecule has 4 aromatic heterocycles. The Morgan fingerprint density at radius 3 is 1.43 bits per heavy atom. The Balaban J connectivity index is 1.04. The van der Waals surface area contributed by atoms with E-state index in [2.05, 4.69) is 0 Å². The maximum Gasteiger partial charge on any atom is 0.252 e. The van der Waals surface area contributed by atoms with E-state index in [-0.39, 0.29) is 66.1 Å². The zero-order valence-electron chi connectivity index (χ0n) is 68.5. The average Bonchev–Trinajstić information content (AvgIpc) is 1.10. The molecule has 0 radical (unpaired) electrons. The molecule has 2 aliphatic rings. The predicted molar refractivity (Wildman–Crippen MR) is 380 cm³/mol. The van der Waals surface area contributed by atoms with Crippen LogP contribution in [0.25, 0.3) is 132 Å². The molecule has 422 valence electrons. The van der Waals surface area contributed by atoms with Crippen molar-refractivity contribution in [1.82, 2.24) is 9.13 Å². The molecule has 0 N–H and O–H groups in total. The summed E-state index contributed by atoms with van der Waals surface area (Å²) in [7, 11) is 0. The van der Waals surface area contributed by atoms with Crippen LogP contribution in [0.3, 0.4) is 0 Å². The third-order valence-electron chi connectivity index (χ3n) is 18.0. The third kappa shape index (κ3) is 7.25. The summed E-state index contributed by atoms with van der Waals surface area (Å²) in [6, 6.07) is 43.7. The number of hydrogen-bond donors (Lipinski definition) is 0. The van der Waals surface area contributed by atoms with E-state index >= 15 is 0 Å². The molecule has 0 amide bonds. The van der Waals surface area contributed by atoms with Crippen molar-refractivity contribution < 1.29 is 37.6 Å². The van der Waals surface area contributed by atoms with Crippen LogP contribution in [-0.2, 0) is 0 Å². The van der Waals surface area contributed by atoms with Crippen LogP contribution in [0.2, 0.25) is 0 Å². The summed E-state index contributed by atoms with van der Waals surface area (Å²) in [5.41, 5.74) is 8.19. The van der Waals surface area contributed by atoms with E-state index in [1.807, 2.05) is 155 Å². The zero-order valence-corrected chi connectivity index (χ0v) is 47.5. The number of furan rings is 2. The van der Waals surface area contributed by atoms with Crippen molar-refractivity contribution >= 4 is 145 Å². The van der Waals surface area contributed by atoms with E-state index in [0.717, 1.165) is 5.56 Å². The van der Waals surface area contributed by atoms with Crippen molar-refractivity contribution in [3.8, 4) is 44.8 Å². The summed E-state index contributed by atoms with van der Waals surface area (Å²) in [6.07, 6.45) is 0. The Morgan fingerprint density at radius 1 is 0.297 bits per heavy atom. The summed E-state index contributed by atoms with van der Waals surface area (Å²) in [5.74, 6) is 0. The first-order valence-electron chi connectivity index (χ1n) is 40.0. The van der Waals surface area contributed by atoms with Crippen molar-refractivity contribution in [1.29, 1.82) is 0 Å². The zero-order chi connectivity index (χ0) is 77.7. The lowest BCUT2D eigenvalue weighted by atomic mass is 9.33. The lowest BCUT2D eigenvalue weighted by molar-refractivity contribution is 0.668. The number of anilines is 6. The standard InChI is InChI=1S/C84H51BN4O2/c1-4-22-52(23-5-1)55-40-43-66-72(46-55)88(74-47-56(53-24-6-2-7-25-53)48-80-81(74)64-32-14-20-38-77(64)91-80)75-50-58(87-70-36-18-12-30-62(70)63-31-13-19-37-71(63)87)51-76-83(75)85(66)67-44-41-57(86-68-34-16-10-28-60(68)61-29-11-17-35-69(61)86)49-73(67)89(76)84-59(54-26-8-3-9-27-54)42-45-79-82(84)65-33-15-21-39-78(65)90-79/h1-51H/i1D,4D,5D,10D,11D,12D,13D,16D,17D,18D,19D,22D,23D,28D,29D,30D,31D,34D,35D,36D,37D. The number of hydrogen-bond acceptors (Lipinski definition) is 4. The molecule has 6 heterocycles. The van der Waals surface area contributed by atoms with Crippen LogP contribution in [0.1, 0.15) is 28.8 Å². The molecule has 7 heteroatoms. The van der Waals surface area contributed by atoms with Crippen LogP contribution < -0.4 is 26.2 Å². The van der Waals surface area contributed by atoms with Gasteiger partial charge in [0.1, 0.15) is 22.3 Å². The molecule has 6 nitrogen and oxygen atoms in total. The summed E-state index contributed by atoms with van der Waals surface area (Å²) in [6.45, 7) is -0.991. The second-order valence-corrected chi connectivity index (χ2v) is 22.7. The Morgan fingerprint density at radius 2 is 0.791 bits per heavy atom. The van der Waals surface area contributed by atoms with E-state index in [0.29, 0.717) is 111 Å². The molecule has 0 spiro atoms. The SMILES string of the molecule is [2H]c1c([2H])c([2H])c(-c2ccc3c(c2)N(c2cc(-c4ccccc4)cc4oc5ccccc5c24)c2cc(-n4c5c([2H])c([2H])c([2H])c([2H])c5c5c([2H])c([2H])c([2H])c([2H])c54)cc4c2B3c2ccc(-n3c5c([2H])c([2H])c([2H])c([2H])c5c5c([2H])c([2H])c([2H])c([2H])c53)cc2N4c2c(-c3ccccc3)ccc3oc4ccccc4c23)c([2H])c1[2H]. The van der Waals surface area contributed by atoms with E-state index in [1.54, 1.807) is 36.4 Å². The van der Waals surface area contributed by atoms with E-state index in [1.165, 1.54) is 9.13 Å². The van der Waals surface area contributed by atoms with Gasteiger partial charge in [-0.05, 0) is 135 Å². The molecular formula is C84H51BN4O2. The fourth-order valence-electron chi connectivity index (χ4n) is 14.3. The molecule has 0 unspecified atom stereocenters. The largest absolute Gasteiger partial charge is 0.456 e. The first-order valence-corrected chi connectivity index (χ1v) is 29.5. The normalized spacial score (nSPS) is 16.0. The van der Waals surface area contributed by atoms with Crippen LogP contribution in [0.4, 0.5) is 34.1 Å². The maximum absolute atomic E-state index is 10.1. The van der Waals surface area contributed by atoms with Crippen LogP contribution in [-0.4, -0.2) is 15.8 Å². The molecule has 0 bridgehead atoms. The van der Waals surface area contributed by atoms with Gasteiger partial charge in [-0.15, -0.1) is 0 Å². The summed E-state index contributed by atoms with van der Waals surface area (Å²) < 4.78 is 215. The fraction of sp³-hybridized carbons (Fsp3) is 0. The molecule has 0 saturated carbocycles. The van der Waals surface area contributed by atoms with Gasteiger partial charge in [-0.2, -0.15) is 0 Å². The number of nitrogens with zero attached hydrogens (tertiary/aromatic N) is 4. The number of rotatable bonds is 7.